The molecular formula is C34H34N2O7S. The minimum Gasteiger partial charge on any atom is -0.507 e. The van der Waals surface area contributed by atoms with E-state index in [-0.39, 0.29) is 17.4 Å². The van der Waals surface area contributed by atoms with E-state index in [0.29, 0.717) is 52.1 Å². The molecule has 4 aromatic rings. The molecule has 0 radical (unpaired) electrons. The van der Waals surface area contributed by atoms with E-state index in [1.54, 1.807) is 56.7 Å². The van der Waals surface area contributed by atoms with Gasteiger partial charge in [0, 0.05) is 12.0 Å². The molecule has 1 amide bonds. The number of aromatic nitrogens is 1. The molecule has 6 rings (SSSR count). The highest BCUT2D eigenvalue weighted by Gasteiger charge is 2.48. The molecule has 2 atom stereocenters. The van der Waals surface area contributed by atoms with Gasteiger partial charge in [0.2, 0.25) is 0 Å². The zero-order valence-electron chi connectivity index (χ0n) is 25.1. The third-order valence-corrected chi connectivity index (χ3v) is 8.93. The maximum atomic E-state index is 13.8. The van der Waals surface area contributed by atoms with Crippen molar-refractivity contribution >= 4 is 44.1 Å². The Balaban J connectivity index is 1.48. The predicted molar refractivity (Wildman–Crippen MR) is 169 cm³/mol. The summed E-state index contributed by atoms with van der Waals surface area (Å²) in [6.45, 7) is 4.64. The molecule has 0 aliphatic carbocycles. The molecule has 1 fully saturated rings. The van der Waals surface area contributed by atoms with Gasteiger partial charge in [-0.15, -0.1) is 0 Å². The van der Waals surface area contributed by atoms with Crippen molar-refractivity contribution in [3.05, 3.63) is 76.9 Å². The molecule has 44 heavy (non-hydrogen) atoms. The second-order valence-electron chi connectivity index (χ2n) is 10.9. The zero-order valence-corrected chi connectivity index (χ0v) is 25.9. The first-order valence-electron chi connectivity index (χ1n) is 14.7. The fourth-order valence-corrected chi connectivity index (χ4v) is 6.72. The van der Waals surface area contributed by atoms with Crippen molar-refractivity contribution in [2.45, 2.75) is 51.7 Å². The molecule has 1 aromatic heterocycles. The third kappa shape index (κ3) is 5.34. The van der Waals surface area contributed by atoms with Crippen LogP contribution in [0.25, 0.3) is 16.0 Å². The number of anilines is 1. The van der Waals surface area contributed by atoms with Crippen LogP contribution >= 0.6 is 11.3 Å². The Morgan fingerprint density at radius 1 is 1.05 bits per heavy atom. The smallest absolute Gasteiger partial charge is 0.301 e. The summed E-state index contributed by atoms with van der Waals surface area (Å²) in [5, 5.41) is 12.0. The number of aliphatic hydroxyl groups is 1. The van der Waals surface area contributed by atoms with Crippen molar-refractivity contribution < 1.29 is 33.6 Å². The molecule has 228 valence electrons. The first-order chi connectivity index (χ1) is 21.3. The van der Waals surface area contributed by atoms with E-state index in [2.05, 4.69) is 6.92 Å². The van der Waals surface area contributed by atoms with Gasteiger partial charge in [0.25, 0.3) is 5.78 Å². The van der Waals surface area contributed by atoms with Gasteiger partial charge in [-0.05, 0) is 73.0 Å². The van der Waals surface area contributed by atoms with Crippen molar-refractivity contribution in [2.24, 2.45) is 0 Å². The zero-order chi connectivity index (χ0) is 31.0. The molecule has 0 spiro atoms. The lowest BCUT2D eigenvalue weighted by Gasteiger charge is -2.24. The number of fused-ring (bicyclic) bond motifs is 2. The molecule has 2 aliphatic rings. The molecule has 10 heteroatoms. The highest BCUT2D eigenvalue weighted by atomic mass is 32.1. The van der Waals surface area contributed by atoms with Crippen molar-refractivity contribution in [3.63, 3.8) is 0 Å². The topological polar surface area (TPSA) is 107 Å². The van der Waals surface area contributed by atoms with Crippen molar-refractivity contribution in [2.75, 3.05) is 25.7 Å². The summed E-state index contributed by atoms with van der Waals surface area (Å²) in [7, 11) is 3.13. The van der Waals surface area contributed by atoms with Gasteiger partial charge in [-0.2, -0.15) is 0 Å². The quantitative estimate of drug-likeness (QED) is 0.0896. The summed E-state index contributed by atoms with van der Waals surface area (Å²) in [4.78, 5) is 33.6. The molecule has 1 saturated heterocycles. The molecule has 3 aromatic carbocycles. The molecule has 1 N–H and O–H groups in total. The van der Waals surface area contributed by atoms with Gasteiger partial charge in [-0.1, -0.05) is 37.2 Å². The highest BCUT2D eigenvalue weighted by molar-refractivity contribution is 7.22. The number of hydrogen-bond donors (Lipinski definition) is 1. The molecule has 2 aliphatic heterocycles. The van der Waals surface area contributed by atoms with Crippen LogP contribution in [0.3, 0.4) is 0 Å². The van der Waals surface area contributed by atoms with Crippen LogP contribution in [0, 0.1) is 0 Å². The Labute approximate surface area is 259 Å². The number of carbonyl (C=O) groups excluding carboxylic acids is 2. The minimum absolute atomic E-state index is 0.0146. The minimum atomic E-state index is -0.969. The average Bonchev–Trinajstić information content (AvgIpc) is 3.70. The SMILES string of the molecule is CCCCCOc1ccc([C@H]2C(=C(O)c3ccc4c(c3)C[C@@H](C)O4)C(=O)C(=O)N2c2nc3ccc(OC)cc3s2)cc1OC. The van der Waals surface area contributed by atoms with Crippen molar-refractivity contribution in [1.29, 1.82) is 0 Å². The van der Waals surface area contributed by atoms with Crippen LogP contribution in [0.4, 0.5) is 5.13 Å². The van der Waals surface area contributed by atoms with E-state index in [1.165, 1.54) is 16.2 Å². The van der Waals surface area contributed by atoms with Crippen LogP contribution in [0.2, 0.25) is 0 Å². The van der Waals surface area contributed by atoms with Crippen LogP contribution < -0.4 is 23.8 Å². The van der Waals surface area contributed by atoms with E-state index in [9.17, 15) is 14.7 Å². The van der Waals surface area contributed by atoms with E-state index >= 15 is 0 Å². The maximum Gasteiger partial charge on any atom is 0.301 e. The average molecular weight is 615 g/mol. The molecule has 9 nitrogen and oxygen atoms in total. The molecule has 0 bridgehead atoms. The molecule has 0 saturated carbocycles. The van der Waals surface area contributed by atoms with Crippen LogP contribution in [0.5, 0.6) is 23.0 Å². The number of carbonyl (C=O) groups is 2. The Morgan fingerprint density at radius 3 is 2.66 bits per heavy atom. The number of benzene rings is 3. The molecule has 0 unspecified atom stereocenters. The summed E-state index contributed by atoms with van der Waals surface area (Å²) in [6.07, 6.45) is 3.74. The van der Waals surface area contributed by atoms with Gasteiger partial charge >= 0.3 is 5.91 Å². The Bertz CT molecular complexity index is 1780. The first-order valence-corrected chi connectivity index (χ1v) is 15.5. The van der Waals surface area contributed by atoms with Gasteiger partial charge in [-0.25, -0.2) is 4.98 Å². The van der Waals surface area contributed by atoms with Gasteiger partial charge in [-0.3, -0.25) is 14.5 Å². The Morgan fingerprint density at radius 2 is 1.89 bits per heavy atom. The van der Waals surface area contributed by atoms with Gasteiger partial charge < -0.3 is 24.1 Å². The van der Waals surface area contributed by atoms with Crippen LogP contribution in [-0.4, -0.2) is 48.7 Å². The number of amides is 1. The lowest BCUT2D eigenvalue weighted by atomic mass is 9.94. The lowest BCUT2D eigenvalue weighted by Crippen LogP contribution is -2.29. The van der Waals surface area contributed by atoms with Crippen molar-refractivity contribution in [1.82, 2.24) is 4.98 Å². The molecular weight excluding hydrogens is 580 g/mol. The van der Waals surface area contributed by atoms with Crippen LogP contribution in [-0.2, 0) is 16.0 Å². The second kappa shape index (κ2) is 12.2. The second-order valence-corrected chi connectivity index (χ2v) is 11.9. The number of ether oxygens (including phenoxy) is 4. The summed E-state index contributed by atoms with van der Waals surface area (Å²) < 4.78 is 23.7. The van der Waals surface area contributed by atoms with Crippen LogP contribution in [0.15, 0.2) is 60.2 Å². The van der Waals surface area contributed by atoms with E-state index in [1.807, 2.05) is 19.1 Å². The Hall–Kier alpha value is -4.57. The number of ketones is 1. The number of unbranched alkanes of at least 4 members (excludes halogenated alkanes) is 2. The number of Topliss-reactive ketones (excluding diaryl/α,β-unsaturated/α-hetero) is 1. The summed E-state index contributed by atoms with van der Waals surface area (Å²) in [5.74, 6) is 0.579. The number of thiazole rings is 1. The number of aliphatic hydroxyl groups excluding tert-OH is 1. The van der Waals surface area contributed by atoms with Crippen LogP contribution in [0.1, 0.15) is 55.8 Å². The number of rotatable bonds is 10. The van der Waals surface area contributed by atoms with Crippen molar-refractivity contribution in [3.8, 4) is 23.0 Å². The lowest BCUT2D eigenvalue weighted by molar-refractivity contribution is -0.132. The molecule has 3 heterocycles. The van der Waals surface area contributed by atoms with E-state index < -0.39 is 17.7 Å². The predicted octanol–water partition coefficient (Wildman–Crippen LogP) is 6.83. The van der Waals surface area contributed by atoms with E-state index in [0.717, 1.165) is 35.3 Å². The Kier molecular flexibility index (Phi) is 8.18. The maximum absolute atomic E-state index is 13.8. The standard InChI is InChI=1S/C34H34N2O7S/c1-5-6-7-14-42-26-13-8-20(17-27(26)41-4)30-29(31(37)21-9-12-25-22(16-21)15-19(2)43-25)32(38)33(39)36(30)34-35-24-11-10-23(40-3)18-28(24)44-34/h8-13,16-19,30,37H,5-7,14-15H2,1-4H3/t19-,30+/m1/s1. The van der Waals surface area contributed by atoms with Gasteiger partial charge in [0.15, 0.2) is 16.6 Å². The fraction of sp³-hybridized carbons (Fsp3) is 0.324. The fourth-order valence-electron chi connectivity index (χ4n) is 5.70. The largest absolute Gasteiger partial charge is 0.507 e. The normalized spacial score (nSPS) is 18.9. The number of methoxy groups -OCH3 is 2. The summed E-state index contributed by atoms with van der Waals surface area (Å²) >= 11 is 1.27. The first kappa shape index (κ1) is 29.5. The summed E-state index contributed by atoms with van der Waals surface area (Å²) in [6, 6.07) is 15.1. The number of nitrogens with zero attached hydrogens (tertiary/aromatic N) is 2. The summed E-state index contributed by atoms with van der Waals surface area (Å²) in [5.41, 5.74) is 2.56. The van der Waals surface area contributed by atoms with Gasteiger partial charge in [0.05, 0.1) is 42.7 Å². The van der Waals surface area contributed by atoms with E-state index in [4.69, 9.17) is 23.9 Å². The highest BCUT2D eigenvalue weighted by Crippen LogP contribution is 2.46. The van der Waals surface area contributed by atoms with Gasteiger partial charge in [0.1, 0.15) is 23.4 Å². The number of hydrogen-bond acceptors (Lipinski definition) is 9. The third-order valence-electron chi connectivity index (χ3n) is 7.91. The monoisotopic (exact) mass is 614 g/mol.